The Hall–Kier alpha value is -2.67. The maximum atomic E-state index is 15.0. The third-order valence-corrected chi connectivity index (χ3v) is 6.46. The molecule has 31 heavy (non-hydrogen) atoms. The van der Waals surface area contributed by atoms with Gasteiger partial charge in [-0.3, -0.25) is 10.2 Å². The summed E-state index contributed by atoms with van der Waals surface area (Å²) in [5.74, 6) is 0.0199. The molecule has 1 aliphatic carbocycles. The number of anilines is 1. The molecule has 0 unspecified atom stereocenters. The molecule has 1 atom stereocenters. The number of nitrogens with zero attached hydrogens (tertiary/aromatic N) is 3. The average Bonchev–Trinajstić information content (AvgIpc) is 3.34. The van der Waals surface area contributed by atoms with Crippen LogP contribution in [0.25, 0.3) is 11.1 Å². The molecule has 5 nitrogen and oxygen atoms in total. The van der Waals surface area contributed by atoms with E-state index in [0.29, 0.717) is 35.0 Å². The molecule has 2 aromatic rings. The second-order valence-electron chi connectivity index (χ2n) is 8.49. The number of halogens is 3. The Morgan fingerprint density at radius 3 is 2.48 bits per heavy atom. The first-order valence-corrected chi connectivity index (χ1v) is 11.0. The van der Waals surface area contributed by atoms with Crippen molar-refractivity contribution in [1.29, 1.82) is 0 Å². The third kappa shape index (κ3) is 4.11. The van der Waals surface area contributed by atoms with E-state index in [-0.39, 0.29) is 30.1 Å². The highest BCUT2D eigenvalue weighted by Crippen LogP contribution is 2.35. The van der Waals surface area contributed by atoms with E-state index >= 15 is 8.78 Å². The molecule has 2 aromatic carbocycles. The van der Waals surface area contributed by atoms with Gasteiger partial charge in [-0.15, -0.1) is 0 Å². The number of likely N-dealkylation sites (tertiary alicyclic amines) is 1. The second-order valence-corrected chi connectivity index (χ2v) is 8.92. The molecular formula is C23H23ClF2N4O. The number of hydrogen-bond donors (Lipinski definition) is 1. The zero-order chi connectivity index (χ0) is 21.5. The van der Waals surface area contributed by atoms with Gasteiger partial charge in [-0.1, -0.05) is 23.7 Å². The predicted molar refractivity (Wildman–Crippen MR) is 117 cm³/mol. The zero-order valence-electron chi connectivity index (χ0n) is 17.0. The highest BCUT2D eigenvalue weighted by Gasteiger charge is 2.37. The molecule has 1 saturated heterocycles. The van der Waals surface area contributed by atoms with Crippen molar-refractivity contribution >= 4 is 29.0 Å². The highest BCUT2D eigenvalue weighted by atomic mass is 35.5. The molecule has 0 spiro atoms. The van der Waals surface area contributed by atoms with Crippen molar-refractivity contribution in [2.24, 2.45) is 16.9 Å². The van der Waals surface area contributed by atoms with Crippen molar-refractivity contribution in [1.82, 2.24) is 10.3 Å². The molecule has 2 fully saturated rings. The highest BCUT2D eigenvalue weighted by molar-refractivity contribution is 6.30. The lowest BCUT2D eigenvalue weighted by atomic mass is 10.0. The van der Waals surface area contributed by atoms with Gasteiger partial charge in [0.05, 0.1) is 0 Å². The normalized spacial score (nSPS) is 20.7. The smallest absolute Gasteiger partial charge is 0.225 e. The van der Waals surface area contributed by atoms with Gasteiger partial charge in [0.15, 0.2) is 11.6 Å². The molecule has 1 N–H and O–H groups in total. The lowest BCUT2D eigenvalue weighted by Crippen LogP contribution is -2.33. The summed E-state index contributed by atoms with van der Waals surface area (Å²) in [7, 11) is 0. The van der Waals surface area contributed by atoms with E-state index in [1.807, 2.05) is 4.90 Å². The molecular weight excluding hydrogens is 422 g/mol. The van der Waals surface area contributed by atoms with Crippen LogP contribution in [0.3, 0.4) is 0 Å². The largest absolute Gasteiger partial charge is 0.342 e. The lowest BCUT2D eigenvalue weighted by Gasteiger charge is -2.23. The van der Waals surface area contributed by atoms with Gasteiger partial charge in [0.25, 0.3) is 0 Å². The van der Waals surface area contributed by atoms with Gasteiger partial charge in [-0.05, 0) is 60.6 Å². The van der Waals surface area contributed by atoms with Crippen LogP contribution >= 0.6 is 11.6 Å². The molecule has 0 bridgehead atoms. The summed E-state index contributed by atoms with van der Waals surface area (Å²) >= 11 is 5.91. The Labute approximate surface area is 184 Å². The molecule has 2 heterocycles. The summed E-state index contributed by atoms with van der Waals surface area (Å²) in [4.78, 5) is 15.8. The van der Waals surface area contributed by atoms with E-state index in [1.54, 1.807) is 29.2 Å². The third-order valence-electron chi connectivity index (χ3n) is 6.21. The fourth-order valence-corrected chi connectivity index (χ4v) is 4.52. The summed E-state index contributed by atoms with van der Waals surface area (Å²) in [6, 6.07) is 9.51. The van der Waals surface area contributed by atoms with Crippen LogP contribution in [0.2, 0.25) is 5.02 Å². The minimum atomic E-state index is -0.640. The molecule has 0 radical (unpaired) electrons. The summed E-state index contributed by atoms with van der Waals surface area (Å²) in [5, 5.41) is 4.85. The first-order valence-electron chi connectivity index (χ1n) is 10.6. The van der Waals surface area contributed by atoms with Gasteiger partial charge in [0, 0.05) is 30.5 Å². The molecule has 0 aromatic heterocycles. The number of hydrogen-bond acceptors (Lipinski definition) is 4. The van der Waals surface area contributed by atoms with Crippen LogP contribution < -0.4 is 10.3 Å². The van der Waals surface area contributed by atoms with Gasteiger partial charge in [-0.25, -0.2) is 8.78 Å². The Morgan fingerprint density at radius 2 is 1.81 bits per heavy atom. The van der Waals surface area contributed by atoms with Crippen molar-refractivity contribution < 1.29 is 13.6 Å². The average molecular weight is 445 g/mol. The molecule has 2 aliphatic heterocycles. The van der Waals surface area contributed by atoms with Crippen molar-refractivity contribution in [3.8, 4) is 11.1 Å². The fourth-order valence-electron chi connectivity index (χ4n) is 4.39. The van der Waals surface area contributed by atoms with Gasteiger partial charge < -0.3 is 9.80 Å². The van der Waals surface area contributed by atoms with Crippen molar-refractivity contribution in [2.75, 3.05) is 24.7 Å². The molecule has 8 heteroatoms. The van der Waals surface area contributed by atoms with Gasteiger partial charge >= 0.3 is 0 Å². The van der Waals surface area contributed by atoms with Crippen LogP contribution in [0.5, 0.6) is 0 Å². The number of rotatable bonds is 5. The van der Waals surface area contributed by atoms with Crippen molar-refractivity contribution in [3.05, 3.63) is 53.1 Å². The number of benzene rings is 2. The number of hydrazone groups is 1. The maximum absolute atomic E-state index is 15.0. The Kier molecular flexibility index (Phi) is 5.30. The van der Waals surface area contributed by atoms with Crippen molar-refractivity contribution in [2.45, 2.75) is 25.7 Å². The first kappa shape index (κ1) is 20.2. The van der Waals surface area contributed by atoms with E-state index in [2.05, 4.69) is 10.5 Å². The molecule has 3 aliphatic rings. The monoisotopic (exact) mass is 444 g/mol. The van der Waals surface area contributed by atoms with Crippen LogP contribution in [0.1, 0.15) is 25.7 Å². The SMILES string of the molecule is O=C(C1CC1)N1CC[C@@H](CC2=NNCN2c2c(F)cc(-c3ccc(Cl)cc3)cc2F)C1. The molecule has 1 saturated carbocycles. The first-order chi connectivity index (χ1) is 15.0. The summed E-state index contributed by atoms with van der Waals surface area (Å²) < 4.78 is 30.1. The fraction of sp³-hybridized carbons (Fsp3) is 0.391. The van der Waals surface area contributed by atoms with E-state index in [1.165, 1.54) is 12.1 Å². The van der Waals surface area contributed by atoms with E-state index < -0.39 is 11.6 Å². The van der Waals surface area contributed by atoms with E-state index in [9.17, 15) is 4.79 Å². The second kappa shape index (κ2) is 8.11. The molecule has 1 amide bonds. The number of amidine groups is 1. The van der Waals surface area contributed by atoms with Crippen LogP contribution in [-0.2, 0) is 4.79 Å². The number of nitrogens with one attached hydrogen (secondary N) is 1. The minimum Gasteiger partial charge on any atom is -0.342 e. The van der Waals surface area contributed by atoms with Gasteiger partial charge in [0.1, 0.15) is 18.2 Å². The van der Waals surface area contributed by atoms with E-state index in [0.717, 1.165) is 25.8 Å². The van der Waals surface area contributed by atoms with Gasteiger partial charge in [0.2, 0.25) is 5.91 Å². The Bertz CT molecular complexity index is 1020. The van der Waals surface area contributed by atoms with Crippen LogP contribution in [0.15, 0.2) is 41.5 Å². The van der Waals surface area contributed by atoms with Gasteiger partial charge in [-0.2, -0.15) is 5.10 Å². The number of carbonyl (C=O) groups excluding carboxylic acids is 1. The maximum Gasteiger partial charge on any atom is 0.225 e. The van der Waals surface area contributed by atoms with E-state index in [4.69, 9.17) is 11.6 Å². The summed E-state index contributed by atoms with van der Waals surface area (Å²) in [6.45, 7) is 1.64. The zero-order valence-corrected chi connectivity index (χ0v) is 17.7. The molecule has 162 valence electrons. The Balaban J connectivity index is 1.32. The van der Waals surface area contributed by atoms with Crippen LogP contribution in [0, 0.1) is 23.5 Å². The summed E-state index contributed by atoms with van der Waals surface area (Å²) in [5.41, 5.74) is 3.88. The standard InChI is InChI=1S/C23H23ClF2N4O/c24-18-5-3-15(4-6-18)17-10-19(25)22(20(26)11-17)30-13-27-28-21(30)9-14-7-8-29(12-14)23(31)16-1-2-16/h3-6,10-11,14,16,27H,1-2,7-9,12-13H2/t14-/m0/s1. The van der Waals surface area contributed by atoms with Crippen LogP contribution in [-0.4, -0.2) is 36.4 Å². The predicted octanol–water partition coefficient (Wildman–Crippen LogP) is 4.61. The Morgan fingerprint density at radius 1 is 1.10 bits per heavy atom. The minimum absolute atomic E-state index is 0.106. The summed E-state index contributed by atoms with van der Waals surface area (Å²) in [6.07, 6.45) is 3.44. The topological polar surface area (TPSA) is 47.9 Å². The number of amides is 1. The lowest BCUT2D eigenvalue weighted by molar-refractivity contribution is -0.131. The number of carbonyl (C=O) groups is 1. The van der Waals surface area contributed by atoms with Crippen molar-refractivity contribution in [3.63, 3.8) is 0 Å². The molecule has 5 rings (SSSR count). The quantitative estimate of drug-likeness (QED) is 0.732. The van der Waals surface area contributed by atoms with Crippen LogP contribution in [0.4, 0.5) is 14.5 Å².